The van der Waals surface area contributed by atoms with Crippen LogP contribution < -0.4 is 19.3 Å². The first-order valence-corrected chi connectivity index (χ1v) is 28.0. The number of rotatable bonds is 25. The molecule has 20 nitrogen and oxygen atoms in total. The first-order valence-electron chi connectivity index (χ1n) is 27.3. The van der Waals surface area contributed by atoms with E-state index >= 15 is 0 Å². The minimum Gasteiger partial charge on any atom is -0.493 e. The molecule has 438 valence electrons. The summed E-state index contributed by atoms with van der Waals surface area (Å²) in [6.07, 6.45) is 10.9. The third-order valence-corrected chi connectivity index (χ3v) is 15.4. The number of likely N-dealkylation sites (tertiary alicyclic amines) is 2. The van der Waals surface area contributed by atoms with Gasteiger partial charge in [0.05, 0.1) is 73.6 Å². The largest absolute Gasteiger partial charge is 0.493 e. The van der Waals surface area contributed by atoms with Crippen LogP contribution in [0.3, 0.4) is 0 Å². The molecule has 0 aliphatic carbocycles. The highest BCUT2D eigenvalue weighted by Gasteiger charge is 2.34. The number of aliphatic hydroxyl groups is 5. The average molecular weight is 1160 g/mol. The Morgan fingerprint density at radius 2 is 1.02 bits per heavy atom. The SMILES string of the molecule is O=C(Cc1ccc(OCCCC2CCN(c3ncc(Cl)cn3)CC2)cc1F)N1CC(CCC[C@H](O)[C@@H](O)[C@H](O)[C@H](O)CO)C1.O=CC1CN(C(=O)Cc2ccc(OCCCC3CCN(c4ncc(Cl)cn4)CC3)cc2F)C1.O=CO. The summed E-state index contributed by atoms with van der Waals surface area (Å²) in [6.45, 7) is 5.64. The monoisotopic (exact) mass is 1160 g/mol. The molecule has 80 heavy (non-hydrogen) atoms. The van der Waals surface area contributed by atoms with Gasteiger partial charge in [-0.05, 0) is 105 Å². The van der Waals surface area contributed by atoms with Crippen LogP contribution in [0.4, 0.5) is 20.7 Å². The summed E-state index contributed by atoms with van der Waals surface area (Å²) in [6, 6.07) is 9.29. The molecule has 2 aromatic heterocycles. The minimum atomic E-state index is -1.63. The maximum atomic E-state index is 14.7. The van der Waals surface area contributed by atoms with Gasteiger partial charge in [0.1, 0.15) is 47.7 Å². The summed E-state index contributed by atoms with van der Waals surface area (Å²) in [7, 11) is 0. The van der Waals surface area contributed by atoms with E-state index < -0.39 is 42.7 Å². The molecule has 4 atom stereocenters. The van der Waals surface area contributed by atoms with Crippen LogP contribution in [0.1, 0.15) is 81.8 Å². The zero-order valence-electron chi connectivity index (χ0n) is 44.7. The van der Waals surface area contributed by atoms with E-state index in [1.807, 2.05) is 0 Å². The van der Waals surface area contributed by atoms with Crippen LogP contribution in [0.2, 0.25) is 10.0 Å². The normalized spacial score (nSPS) is 17.6. The number of anilines is 2. The number of aliphatic hydroxyl groups excluding tert-OH is 5. The predicted molar refractivity (Wildman–Crippen MR) is 293 cm³/mol. The summed E-state index contributed by atoms with van der Waals surface area (Å²) in [4.78, 5) is 68.6. The van der Waals surface area contributed by atoms with Gasteiger partial charge >= 0.3 is 0 Å². The van der Waals surface area contributed by atoms with Crippen LogP contribution in [-0.2, 0) is 32.0 Å². The molecule has 2 amide bonds. The summed E-state index contributed by atoms with van der Waals surface area (Å²) in [5.41, 5.74) is 0.668. The van der Waals surface area contributed by atoms with E-state index in [9.17, 15) is 43.6 Å². The molecule has 0 saturated carbocycles. The molecule has 24 heteroatoms. The number of carbonyl (C=O) groups excluding carboxylic acids is 3. The third-order valence-electron chi connectivity index (χ3n) is 15.0. The Labute approximate surface area is 474 Å². The lowest BCUT2D eigenvalue weighted by Crippen LogP contribution is -2.51. The smallest absolute Gasteiger partial charge is 0.290 e. The van der Waals surface area contributed by atoms with Crippen molar-refractivity contribution in [1.29, 1.82) is 0 Å². The highest BCUT2D eigenvalue weighted by molar-refractivity contribution is 6.30. The van der Waals surface area contributed by atoms with Crippen molar-refractivity contribution >= 4 is 59.7 Å². The number of nitrogens with zero attached hydrogens (tertiary/aromatic N) is 8. The van der Waals surface area contributed by atoms with Gasteiger partial charge in [0, 0.05) is 70.4 Å². The number of aromatic nitrogens is 4. The number of hydrogen-bond donors (Lipinski definition) is 6. The van der Waals surface area contributed by atoms with Crippen molar-refractivity contribution in [2.45, 2.75) is 108 Å². The molecule has 0 unspecified atom stereocenters. The second kappa shape index (κ2) is 32.5. The van der Waals surface area contributed by atoms with Gasteiger partial charge in [-0.2, -0.15) is 0 Å². The lowest BCUT2D eigenvalue weighted by Gasteiger charge is -2.39. The molecule has 6 N–H and O–H groups in total. The zero-order valence-corrected chi connectivity index (χ0v) is 46.3. The summed E-state index contributed by atoms with van der Waals surface area (Å²) < 4.78 is 40.7. The van der Waals surface area contributed by atoms with E-state index in [1.54, 1.807) is 58.9 Å². The van der Waals surface area contributed by atoms with E-state index in [0.717, 1.165) is 89.8 Å². The average Bonchev–Trinajstić information content (AvgIpc) is 3.43. The van der Waals surface area contributed by atoms with Gasteiger partial charge in [0.15, 0.2) is 0 Å². The molecule has 2 aromatic carbocycles. The Bertz CT molecular complexity index is 2540. The van der Waals surface area contributed by atoms with E-state index in [-0.39, 0.29) is 49.4 Å². The van der Waals surface area contributed by atoms with Crippen molar-refractivity contribution in [1.82, 2.24) is 29.7 Å². The van der Waals surface area contributed by atoms with Crippen molar-refractivity contribution < 1.29 is 68.1 Å². The molecule has 4 saturated heterocycles. The number of hydrogen-bond acceptors (Lipinski definition) is 17. The fraction of sp³-hybridized carbons (Fsp3) is 0.571. The maximum absolute atomic E-state index is 14.7. The highest BCUT2D eigenvalue weighted by atomic mass is 35.5. The van der Waals surface area contributed by atoms with E-state index in [1.165, 1.54) is 12.1 Å². The molecule has 4 aliphatic rings. The molecule has 4 aromatic rings. The number of halogens is 4. The van der Waals surface area contributed by atoms with Crippen molar-refractivity contribution in [3.8, 4) is 11.5 Å². The molecule has 6 heterocycles. The van der Waals surface area contributed by atoms with Crippen molar-refractivity contribution in [3.63, 3.8) is 0 Å². The molecule has 0 radical (unpaired) electrons. The van der Waals surface area contributed by atoms with Gasteiger partial charge in [-0.25, -0.2) is 28.7 Å². The van der Waals surface area contributed by atoms with Gasteiger partial charge in [-0.3, -0.25) is 14.4 Å². The molecule has 4 fully saturated rings. The van der Waals surface area contributed by atoms with Gasteiger partial charge in [-0.1, -0.05) is 41.8 Å². The number of carbonyl (C=O) groups is 4. The molecular weight excluding hydrogens is 1090 g/mol. The topological polar surface area (TPSA) is 273 Å². The minimum absolute atomic E-state index is 0.00253. The lowest BCUT2D eigenvalue weighted by molar-refractivity contribution is -0.139. The number of ether oxygens (including phenoxy) is 2. The van der Waals surface area contributed by atoms with Crippen LogP contribution >= 0.6 is 23.2 Å². The highest BCUT2D eigenvalue weighted by Crippen LogP contribution is 2.29. The fourth-order valence-corrected chi connectivity index (χ4v) is 10.3. The summed E-state index contributed by atoms with van der Waals surface area (Å²) in [5.74, 6) is 2.52. The van der Waals surface area contributed by atoms with Crippen LogP contribution in [0.25, 0.3) is 0 Å². The molecule has 0 bridgehead atoms. The number of piperidine rings is 2. The lowest BCUT2D eigenvalue weighted by atomic mass is 9.91. The second-order valence-corrected chi connectivity index (χ2v) is 21.7. The first kappa shape index (κ1) is 63.3. The van der Waals surface area contributed by atoms with Gasteiger partial charge in [0.2, 0.25) is 23.7 Å². The Kier molecular flexibility index (Phi) is 25.7. The van der Waals surface area contributed by atoms with Crippen LogP contribution in [-0.4, -0.2) is 182 Å². The molecule has 8 rings (SSSR count). The molecule has 0 spiro atoms. The Hall–Kier alpha value is -5.88. The summed E-state index contributed by atoms with van der Waals surface area (Å²) >= 11 is 11.7. The zero-order chi connectivity index (χ0) is 57.6. The van der Waals surface area contributed by atoms with E-state index in [2.05, 4.69) is 29.7 Å². The molecule has 4 aliphatic heterocycles. The number of amides is 2. The van der Waals surface area contributed by atoms with E-state index in [0.29, 0.717) is 103 Å². The standard InChI is InChI=1S/C31H44ClFN4O7.C24H28ClFN4O3.CH2O2/c32-23-15-34-31(35-16-23)36-10-8-20(9-11-36)4-2-12-44-24-7-6-22(25(33)14-24)13-28(41)37-17-21(18-37)3-1-5-26(39)29(42)30(43)27(40)19-38;25-20-12-27-24(28-13-20)29-7-5-17(6-8-29)2-1-9-33-21-4-3-19(22(26)11-21)10-23(32)30-14-18(15-30)16-31;2-1-3/h6-7,14-16,20-21,26-27,29-30,38-40,42-43H,1-5,8-13,17-19H2;3-4,11-13,16-18H,1-2,5-10,14-15H2;1H,(H,2,3)/t26-,27+,29+,30+;;/m0../s1. The van der Waals surface area contributed by atoms with Gasteiger partial charge in [0.25, 0.3) is 6.47 Å². The van der Waals surface area contributed by atoms with Crippen molar-refractivity contribution in [2.24, 2.45) is 23.7 Å². The Morgan fingerprint density at radius 1 is 0.625 bits per heavy atom. The van der Waals surface area contributed by atoms with Crippen molar-refractivity contribution in [3.05, 3.63) is 94.0 Å². The fourth-order valence-electron chi connectivity index (χ4n) is 10.1. The molecular formula is C56H74Cl2F2N8O12. The van der Waals surface area contributed by atoms with Crippen LogP contribution in [0, 0.1) is 35.3 Å². The Morgan fingerprint density at radius 3 is 1.43 bits per heavy atom. The number of carboxylic acid groups (broad SMARTS) is 1. The maximum Gasteiger partial charge on any atom is 0.290 e. The van der Waals surface area contributed by atoms with Crippen molar-refractivity contribution in [2.75, 3.05) is 82.0 Å². The Balaban J connectivity index is 0.000000255. The van der Waals surface area contributed by atoms with E-state index in [4.69, 9.17) is 47.7 Å². The van der Waals surface area contributed by atoms with Crippen LogP contribution in [0.15, 0.2) is 61.2 Å². The van der Waals surface area contributed by atoms with Gasteiger partial charge < -0.3 is 64.5 Å². The predicted octanol–water partition coefficient (Wildman–Crippen LogP) is 5.20. The van der Waals surface area contributed by atoms with Crippen LogP contribution in [0.5, 0.6) is 11.5 Å². The summed E-state index contributed by atoms with van der Waals surface area (Å²) in [5, 5.41) is 55.8. The third kappa shape index (κ3) is 19.7. The second-order valence-electron chi connectivity index (χ2n) is 20.8. The van der Waals surface area contributed by atoms with Gasteiger partial charge in [-0.15, -0.1) is 0 Å². The first-order chi connectivity index (χ1) is 38.6. The number of aldehydes is 1. The number of benzene rings is 2. The quantitative estimate of drug-likeness (QED) is 0.0368.